The molecule has 0 radical (unpaired) electrons. The highest BCUT2D eigenvalue weighted by atomic mass is 16.4. The van der Waals surface area contributed by atoms with Gasteiger partial charge >= 0.3 is 5.97 Å². The Hall–Kier alpha value is -4.42. The summed E-state index contributed by atoms with van der Waals surface area (Å²) in [6.45, 7) is 8.34. The number of aromatic amines is 1. The molecule has 0 aliphatic rings. The number of pyridine rings is 1. The number of rotatable bonds is 9. The largest absolute Gasteiger partial charge is 0.477 e. The number of carbonyl (C=O) groups is 1. The molecule has 5 rings (SSSR count). The molecule has 0 amide bonds. The Balaban J connectivity index is 0.00000181. The van der Waals surface area contributed by atoms with Gasteiger partial charge in [0.2, 0.25) is 0 Å². The lowest BCUT2D eigenvalue weighted by molar-refractivity contribution is 0.0695. The van der Waals surface area contributed by atoms with Gasteiger partial charge in [-0.2, -0.15) is 0 Å². The second kappa shape index (κ2) is 13.1. The summed E-state index contributed by atoms with van der Waals surface area (Å²) >= 11 is 0. The number of aromatic carboxylic acids is 1. The number of benzene rings is 3. The van der Waals surface area contributed by atoms with E-state index in [1.54, 1.807) is 0 Å². The average Bonchev–Trinajstić information content (AvgIpc) is 3.28. The standard InChI is InChI=1S/C32H31N3O3.C2H6/c1-3-24-16-28(32(37)38)31(36)33-30(24)25-14-15-29-27(17-25)26(20-34(29)2)21-35(18-22-10-6-4-7-11-22)19-23-12-8-5-9-13-23;1-2/h4-17,20H,3,18-19,21H2,1-2H3,(H,33,36)(H,37,38);1-2H3. The van der Waals surface area contributed by atoms with Gasteiger partial charge in [-0.15, -0.1) is 0 Å². The fourth-order valence-corrected chi connectivity index (χ4v) is 5.12. The molecule has 0 unspecified atom stereocenters. The summed E-state index contributed by atoms with van der Waals surface area (Å²) in [4.78, 5) is 29.3. The Kier molecular flexibility index (Phi) is 9.35. The Labute approximate surface area is 235 Å². The Morgan fingerprint density at radius 2 is 1.45 bits per heavy atom. The monoisotopic (exact) mass is 535 g/mol. The second-order valence-corrected chi connectivity index (χ2v) is 9.68. The van der Waals surface area contributed by atoms with Crippen LogP contribution in [0, 0.1) is 0 Å². The van der Waals surface area contributed by atoms with Gasteiger partial charge in [-0.25, -0.2) is 4.79 Å². The zero-order valence-corrected chi connectivity index (χ0v) is 23.6. The number of carboxylic acid groups (broad SMARTS) is 1. The van der Waals surface area contributed by atoms with Crippen LogP contribution >= 0.6 is 0 Å². The van der Waals surface area contributed by atoms with Gasteiger partial charge in [0.25, 0.3) is 5.56 Å². The molecule has 0 spiro atoms. The third-order valence-corrected chi connectivity index (χ3v) is 6.99. The molecule has 5 aromatic rings. The van der Waals surface area contributed by atoms with E-state index in [9.17, 15) is 14.7 Å². The summed E-state index contributed by atoms with van der Waals surface area (Å²) in [7, 11) is 2.05. The molecule has 40 heavy (non-hydrogen) atoms. The van der Waals surface area contributed by atoms with E-state index >= 15 is 0 Å². The Morgan fingerprint density at radius 1 is 0.850 bits per heavy atom. The molecular formula is C34H37N3O3. The summed E-state index contributed by atoms with van der Waals surface area (Å²) < 4.78 is 2.13. The van der Waals surface area contributed by atoms with Crippen molar-refractivity contribution in [2.75, 3.05) is 0 Å². The first-order chi connectivity index (χ1) is 19.4. The van der Waals surface area contributed by atoms with Crippen molar-refractivity contribution in [3.8, 4) is 11.3 Å². The van der Waals surface area contributed by atoms with Crippen LogP contribution < -0.4 is 5.56 Å². The molecule has 206 valence electrons. The van der Waals surface area contributed by atoms with E-state index in [1.165, 1.54) is 22.8 Å². The number of nitrogens with one attached hydrogen (secondary N) is 1. The highest BCUT2D eigenvalue weighted by Crippen LogP contribution is 2.30. The lowest BCUT2D eigenvalue weighted by Gasteiger charge is -2.22. The van der Waals surface area contributed by atoms with Crippen LogP contribution in [0.4, 0.5) is 0 Å². The van der Waals surface area contributed by atoms with Crippen molar-refractivity contribution in [3.63, 3.8) is 0 Å². The number of H-pyrrole nitrogens is 1. The number of carboxylic acids is 1. The Bertz CT molecular complexity index is 1590. The first-order valence-corrected chi connectivity index (χ1v) is 13.8. The van der Waals surface area contributed by atoms with Crippen molar-refractivity contribution in [3.05, 3.63) is 129 Å². The van der Waals surface area contributed by atoms with Crippen LogP contribution in [0.5, 0.6) is 0 Å². The third kappa shape index (κ3) is 6.41. The minimum absolute atomic E-state index is 0.232. The van der Waals surface area contributed by atoms with E-state index in [0.717, 1.165) is 41.7 Å². The van der Waals surface area contributed by atoms with Crippen LogP contribution in [0.15, 0.2) is 95.9 Å². The quantitative estimate of drug-likeness (QED) is 0.213. The first-order valence-electron chi connectivity index (χ1n) is 13.8. The van der Waals surface area contributed by atoms with Crippen molar-refractivity contribution in [1.82, 2.24) is 14.5 Å². The smallest absolute Gasteiger partial charge is 0.341 e. The van der Waals surface area contributed by atoms with Crippen molar-refractivity contribution in [2.45, 2.75) is 46.8 Å². The molecule has 0 saturated heterocycles. The van der Waals surface area contributed by atoms with Gasteiger partial charge in [-0.05, 0) is 52.4 Å². The van der Waals surface area contributed by atoms with E-state index in [-0.39, 0.29) is 5.56 Å². The maximum absolute atomic E-state index is 12.5. The number of nitrogens with zero attached hydrogens (tertiary/aromatic N) is 2. The maximum Gasteiger partial charge on any atom is 0.341 e. The lowest BCUT2D eigenvalue weighted by Crippen LogP contribution is -2.22. The van der Waals surface area contributed by atoms with Crippen molar-refractivity contribution in [2.24, 2.45) is 7.05 Å². The Morgan fingerprint density at radius 3 is 2.00 bits per heavy atom. The fraction of sp³-hybridized carbons (Fsp3) is 0.235. The molecule has 0 aliphatic heterocycles. The first kappa shape index (κ1) is 28.6. The normalized spacial score (nSPS) is 10.9. The van der Waals surface area contributed by atoms with E-state index in [1.807, 2.05) is 46.0 Å². The van der Waals surface area contributed by atoms with Gasteiger partial charge < -0.3 is 14.7 Å². The van der Waals surface area contributed by atoms with Crippen LogP contribution in [0.25, 0.3) is 22.2 Å². The minimum Gasteiger partial charge on any atom is -0.477 e. The van der Waals surface area contributed by atoms with Gasteiger partial charge in [0.1, 0.15) is 5.56 Å². The van der Waals surface area contributed by atoms with Crippen molar-refractivity contribution >= 4 is 16.9 Å². The molecule has 0 atom stereocenters. The number of aromatic nitrogens is 2. The van der Waals surface area contributed by atoms with Gasteiger partial charge in [0.15, 0.2) is 0 Å². The van der Waals surface area contributed by atoms with Gasteiger partial charge in [-0.3, -0.25) is 9.69 Å². The van der Waals surface area contributed by atoms with Crippen LogP contribution in [0.2, 0.25) is 0 Å². The number of hydrogen-bond donors (Lipinski definition) is 2. The molecule has 0 fully saturated rings. The summed E-state index contributed by atoms with van der Waals surface area (Å²) in [6, 6.07) is 28.6. The van der Waals surface area contributed by atoms with Crippen LogP contribution in [-0.2, 0) is 33.1 Å². The molecular weight excluding hydrogens is 498 g/mol. The van der Waals surface area contributed by atoms with Crippen molar-refractivity contribution < 1.29 is 9.90 Å². The van der Waals surface area contributed by atoms with Crippen LogP contribution in [0.3, 0.4) is 0 Å². The zero-order chi connectivity index (χ0) is 28.6. The van der Waals surface area contributed by atoms with E-state index in [2.05, 4.69) is 81.3 Å². The van der Waals surface area contributed by atoms with E-state index in [0.29, 0.717) is 12.1 Å². The molecule has 2 N–H and O–H groups in total. The van der Waals surface area contributed by atoms with Crippen molar-refractivity contribution in [1.29, 1.82) is 0 Å². The average molecular weight is 536 g/mol. The van der Waals surface area contributed by atoms with Gasteiger partial charge in [0.05, 0.1) is 5.69 Å². The molecule has 6 nitrogen and oxygen atoms in total. The maximum atomic E-state index is 12.5. The summed E-state index contributed by atoms with van der Waals surface area (Å²) in [5.41, 5.74) is 6.33. The summed E-state index contributed by atoms with van der Waals surface area (Å²) in [5.74, 6) is -1.22. The fourth-order valence-electron chi connectivity index (χ4n) is 5.12. The third-order valence-electron chi connectivity index (χ3n) is 6.99. The summed E-state index contributed by atoms with van der Waals surface area (Å²) in [6.07, 6.45) is 2.78. The molecule has 0 aliphatic carbocycles. The molecule has 3 aromatic carbocycles. The zero-order valence-electron chi connectivity index (χ0n) is 23.6. The van der Waals surface area contributed by atoms with Crippen LogP contribution in [0.1, 0.15) is 53.4 Å². The number of hydrogen-bond acceptors (Lipinski definition) is 3. The molecule has 2 aromatic heterocycles. The SMILES string of the molecule is CC.CCc1cc(C(=O)O)c(=O)[nH]c1-c1ccc2c(c1)c(CN(Cc1ccccc1)Cc1ccccc1)cn2C. The summed E-state index contributed by atoms with van der Waals surface area (Å²) in [5, 5.41) is 10.5. The highest BCUT2D eigenvalue weighted by Gasteiger charge is 2.17. The predicted molar refractivity (Wildman–Crippen MR) is 162 cm³/mol. The number of aryl methyl sites for hydroxylation is 2. The molecule has 0 bridgehead atoms. The van der Waals surface area contributed by atoms with Gasteiger partial charge in [0, 0.05) is 43.8 Å². The topological polar surface area (TPSA) is 78.3 Å². The van der Waals surface area contributed by atoms with E-state index in [4.69, 9.17) is 0 Å². The second-order valence-electron chi connectivity index (χ2n) is 9.68. The molecule has 2 heterocycles. The van der Waals surface area contributed by atoms with E-state index < -0.39 is 11.5 Å². The van der Waals surface area contributed by atoms with Gasteiger partial charge in [-0.1, -0.05) is 87.5 Å². The molecule has 0 saturated carbocycles. The predicted octanol–water partition coefficient (Wildman–Crippen LogP) is 7.02. The van der Waals surface area contributed by atoms with Crippen LogP contribution in [-0.4, -0.2) is 25.5 Å². The highest BCUT2D eigenvalue weighted by molar-refractivity contribution is 5.90. The number of fused-ring (bicyclic) bond motifs is 1. The lowest BCUT2D eigenvalue weighted by atomic mass is 10.00. The molecule has 6 heteroatoms. The minimum atomic E-state index is -1.22.